The molecular formula is C13H20O3. The summed E-state index contributed by atoms with van der Waals surface area (Å²) >= 11 is 0. The van der Waals surface area contributed by atoms with Gasteiger partial charge in [-0.1, -0.05) is 26.0 Å². The van der Waals surface area contributed by atoms with E-state index >= 15 is 0 Å². The van der Waals surface area contributed by atoms with E-state index in [1.807, 2.05) is 32.9 Å². The molecule has 3 heteroatoms. The van der Waals surface area contributed by atoms with Crippen LogP contribution < -0.4 is 0 Å². The van der Waals surface area contributed by atoms with Crippen LogP contribution in [-0.2, 0) is 14.3 Å². The third-order valence-electron chi connectivity index (χ3n) is 3.29. The molecule has 1 fully saturated rings. The van der Waals surface area contributed by atoms with Gasteiger partial charge < -0.3 is 4.74 Å². The number of ketones is 1. The first kappa shape index (κ1) is 12.9. The highest BCUT2D eigenvalue weighted by molar-refractivity contribution is 6.05. The lowest BCUT2D eigenvalue weighted by Gasteiger charge is -2.38. The monoisotopic (exact) mass is 224 g/mol. The van der Waals surface area contributed by atoms with E-state index in [2.05, 4.69) is 0 Å². The topological polar surface area (TPSA) is 43.4 Å². The van der Waals surface area contributed by atoms with E-state index in [4.69, 9.17) is 4.74 Å². The minimum atomic E-state index is -0.994. The predicted molar refractivity (Wildman–Crippen MR) is 61.8 cm³/mol. The summed E-state index contributed by atoms with van der Waals surface area (Å²) in [5.41, 5.74) is -0.994. The quantitative estimate of drug-likeness (QED) is 0.411. The van der Waals surface area contributed by atoms with Gasteiger partial charge in [-0.2, -0.15) is 0 Å². The summed E-state index contributed by atoms with van der Waals surface area (Å²) in [5, 5.41) is 0. The Morgan fingerprint density at radius 3 is 2.44 bits per heavy atom. The molecule has 3 nitrogen and oxygen atoms in total. The molecule has 0 N–H and O–H groups in total. The number of hydrogen-bond acceptors (Lipinski definition) is 3. The van der Waals surface area contributed by atoms with Gasteiger partial charge >= 0.3 is 5.97 Å². The summed E-state index contributed by atoms with van der Waals surface area (Å²) in [7, 11) is 0. The summed E-state index contributed by atoms with van der Waals surface area (Å²) < 4.78 is 5.39. The molecule has 0 aromatic heterocycles. The number of carbonyl (C=O) groups excluding carboxylic acids is 2. The molecule has 0 radical (unpaired) electrons. The molecule has 1 heterocycles. The fourth-order valence-electron chi connectivity index (χ4n) is 2.17. The van der Waals surface area contributed by atoms with Gasteiger partial charge in [0.25, 0.3) is 0 Å². The van der Waals surface area contributed by atoms with Crippen molar-refractivity contribution in [1.29, 1.82) is 0 Å². The Kier molecular flexibility index (Phi) is 3.56. The van der Waals surface area contributed by atoms with E-state index < -0.39 is 11.4 Å². The van der Waals surface area contributed by atoms with Gasteiger partial charge in [0, 0.05) is 5.92 Å². The molecule has 0 bridgehead atoms. The van der Waals surface area contributed by atoms with Crippen molar-refractivity contribution in [3.05, 3.63) is 12.2 Å². The maximum Gasteiger partial charge on any atom is 0.319 e. The first-order valence-electron chi connectivity index (χ1n) is 5.70. The lowest BCUT2D eigenvalue weighted by molar-refractivity contribution is -0.179. The van der Waals surface area contributed by atoms with Crippen LogP contribution in [0.1, 0.15) is 34.6 Å². The summed E-state index contributed by atoms with van der Waals surface area (Å²) in [6.45, 7) is 8.97. The van der Waals surface area contributed by atoms with Crippen molar-refractivity contribution in [3.63, 3.8) is 0 Å². The first-order chi connectivity index (χ1) is 7.32. The van der Waals surface area contributed by atoms with Crippen LogP contribution in [0.15, 0.2) is 12.2 Å². The van der Waals surface area contributed by atoms with Crippen LogP contribution >= 0.6 is 0 Å². The van der Waals surface area contributed by atoms with E-state index in [0.29, 0.717) is 0 Å². The average Bonchev–Trinajstić information content (AvgIpc) is 2.21. The molecular weight excluding hydrogens is 204 g/mol. The fourth-order valence-corrected chi connectivity index (χ4v) is 2.17. The number of esters is 1. The van der Waals surface area contributed by atoms with Gasteiger partial charge in [-0.15, -0.1) is 0 Å². The highest BCUT2D eigenvalue weighted by Gasteiger charge is 2.49. The molecule has 1 rings (SSSR count). The maximum atomic E-state index is 12.1. The molecule has 16 heavy (non-hydrogen) atoms. The zero-order chi connectivity index (χ0) is 12.5. The number of hydrogen-bond donors (Lipinski definition) is 0. The molecule has 3 atom stereocenters. The highest BCUT2D eigenvalue weighted by Crippen LogP contribution is 2.34. The van der Waals surface area contributed by atoms with E-state index in [9.17, 15) is 9.59 Å². The number of cyclic esters (lactones) is 1. The molecule has 3 unspecified atom stereocenters. The van der Waals surface area contributed by atoms with Gasteiger partial charge in [-0.25, -0.2) is 0 Å². The van der Waals surface area contributed by atoms with Crippen LogP contribution in [0.3, 0.4) is 0 Å². The second-order valence-corrected chi connectivity index (χ2v) is 5.03. The highest BCUT2D eigenvalue weighted by atomic mass is 16.5. The van der Waals surface area contributed by atoms with Crippen molar-refractivity contribution in [1.82, 2.24) is 0 Å². The molecule has 0 amide bonds. The minimum absolute atomic E-state index is 0.0231. The SMILES string of the molecule is C/C=C/C(C)C1OC(=O)C(C)(C)C(=O)C1C. The molecule has 1 aliphatic heterocycles. The summed E-state index contributed by atoms with van der Waals surface area (Å²) in [5.74, 6) is -0.593. The van der Waals surface area contributed by atoms with Crippen LogP contribution in [0.25, 0.3) is 0 Å². The molecule has 90 valence electrons. The van der Waals surface area contributed by atoms with Crippen molar-refractivity contribution in [2.24, 2.45) is 17.3 Å². The number of carbonyl (C=O) groups is 2. The summed E-state index contributed by atoms with van der Waals surface area (Å²) in [4.78, 5) is 23.8. The second-order valence-electron chi connectivity index (χ2n) is 5.03. The Morgan fingerprint density at radius 1 is 1.38 bits per heavy atom. The zero-order valence-corrected chi connectivity index (χ0v) is 10.6. The third kappa shape index (κ3) is 2.04. The van der Waals surface area contributed by atoms with Gasteiger partial charge in [-0.05, 0) is 20.8 Å². The Labute approximate surface area is 96.9 Å². The number of rotatable bonds is 2. The predicted octanol–water partition coefficient (Wildman–Crippen LogP) is 2.36. The average molecular weight is 224 g/mol. The van der Waals surface area contributed by atoms with Gasteiger partial charge in [-0.3, -0.25) is 9.59 Å². The minimum Gasteiger partial charge on any atom is -0.460 e. The second kappa shape index (κ2) is 4.40. The largest absolute Gasteiger partial charge is 0.460 e. The van der Waals surface area contributed by atoms with E-state index in [1.165, 1.54) is 0 Å². The van der Waals surface area contributed by atoms with Crippen molar-refractivity contribution in [2.45, 2.75) is 40.7 Å². The van der Waals surface area contributed by atoms with Crippen LogP contribution in [0, 0.1) is 17.3 Å². The molecule has 0 aliphatic carbocycles. The van der Waals surface area contributed by atoms with Crippen LogP contribution in [0.4, 0.5) is 0 Å². The molecule has 0 aromatic rings. The molecule has 1 saturated heterocycles. The molecule has 1 aliphatic rings. The van der Waals surface area contributed by atoms with Crippen LogP contribution in [0.2, 0.25) is 0 Å². The van der Waals surface area contributed by atoms with Crippen LogP contribution in [0.5, 0.6) is 0 Å². The van der Waals surface area contributed by atoms with E-state index in [0.717, 1.165) is 0 Å². The van der Waals surface area contributed by atoms with Crippen molar-refractivity contribution >= 4 is 11.8 Å². The third-order valence-corrected chi connectivity index (χ3v) is 3.29. The Hall–Kier alpha value is -1.12. The number of allylic oxidation sites excluding steroid dienone is 1. The standard InChI is InChI=1S/C13H20O3/c1-6-7-8(2)10-9(3)11(14)13(4,5)12(15)16-10/h6-10H,1-5H3/b7-6+. The molecule has 0 aromatic carbocycles. The number of ether oxygens (including phenoxy) is 1. The maximum absolute atomic E-state index is 12.1. The normalized spacial score (nSPS) is 31.6. The van der Waals surface area contributed by atoms with Gasteiger partial charge in [0.1, 0.15) is 11.5 Å². The molecule has 0 spiro atoms. The fraction of sp³-hybridized carbons (Fsp3) is 0.692. The van der Waals surface area contributed by atoms with Crippen molar-refractivity contribution in [2.75, 3.05) is 0 Å². The Balaban J connectivity index is 2.94. The van der Waals surface area contributed by atoms with Crippen LogP contribution in [-0.4, -0.2) is 17.9 Å². The zero-order valence-electron chi connectivity index (χ0n) is 10.6. The summed E-state index contributed by atoms with van der Waals surface area (Å²) in [6.07, 6.45) is 3.54. The summed E-state index contributed by atoms with van der Waals surface area (Å²) in [6, 6.07) is 0. The van der Waals surface area contributed by atoms with E-state index in [1.54, 1.807) is 13.8 Å². The van der Waals surface area contributed by atoms with E-state index in [-0.39, 0.29) is 23.7 Å². The molecule has 0 saturated carbocycles. The Morgan fingerprint density at radius 2 is 1.94 bits per heavy atom. The number of Topliss-reactive ketones (excluding diaryl/α,β-unsaturated/α-hetero) is 1. The lowest BCUT2D eigenvalue weighted by atomic mass is 9.75. The van der Waals surface area contributed by atoms with Gasteiger partial charge in [0.05, 0.1) is 5.92 Å². The lowest BCUT2D eigenvalue weighted by Crippen LogP contribution is -2.51. The van der Waals surface area contributed by atoms with Crippen molar-refractivity contribution in [3.8, 4) is 0 Å². The van der Waals surface area contributed by atoms with Gasteiger partial charge in [0.15, 0.2) is 5.78 Å². The Bertz CT molecular complexity index is 328. The first-order valence-corrected chi connectivity index (χ1v) is 5.70. The van der Waals surface area contributed by atoms with Crippen molar-refractivity contribution < 1.29 is 14.3 Å². The smallest absolute Gasteiger partial charge is 0.319 e. The van der Waals surface area contributed by atoms with Gasteiger partial charge in [0.2, 0.25) is 0 Å².